The Balaban J connectivity index is 1.76. The Bertz CT molecular complexity index is 1190. The summed E-state index contributed by atoms with van der Waals surface area (Å²) in [7, 11) is 6.08. The Labute approximate surface area is 191 Å². The minimum Gasteiger partial charge on any atom is -0.497 e. The molecule has 2 aliphatic heterocycles. The fraction of sp³-hybridized carbons (Fsp3) is 0.250. The molecule has 4 amide bonds. The van der Waals surface area contributed by atoms with Gasteiger partial charge in [0.15, 0.2) is 11.6 Å². The summed E-state index contributed by atoms with van der Waals surface area (Å²) in [6.45, 7) is 0.315. The zero-order valence-corrected chi connectivity index (χ0v) is 18.9. The van der Waals surface area contributed by atoms with Crippen LogP contribution in [0.3, 0.4) is 0 Å². The van der Waals surface area contributed by atoms with Crippen LogP contribution in [0.15, 0.2) is 60.3 Å². The highest BCUT2D eigenvalue weighted by atomic mass is 16.5. The van der Waals surface area contributed by atoms with E-state index in [1.54, 1.807) is 35.9 Å². The Hall–Kier alpha value is -4.14. The van der Waals surface area contributed by atoms with Gasteiger partial charge in [-0.1, -0.05) is 30.3 Å². The molecule has 170 valence electrons. The van der Waals surface area contributed by atoms with Crippen LogP contribution in [-0.2, 0) is 16.1 Å². The van der Waals surface area contributed by atoms with Crippen molar-refractivity contribution in [2.45, 2.75) is 6.54 Å². The zero-order chi connectivity index (χ0) is 23.7. The van der Waals surface area contributed by atoms with Crippen LogP contribution in [0.2, 0.25) is 0 Å². The molecule has 0 spiro atoms. The lowest BCUT2D eigenvalue weighted by atomic mass is 10.0. The van der Waals surface area contributed by atoms with Gasteiger partial charge in [-0.2, -0.15) is 4.90 Å². The van der Waals surface area contributed by atoms with E-state index in [1.165, 1.54) is 26.2 Å². The number of carbonyl (C=O) groups excluding carboxylic acids is 3. The second-order valence-corrected chi connectivity index (χ2v) is 7.72. The average Bonchev–Trinajstić information content (AvgIpc) is 3.21. The maximum Gasteiger partial charge on any atom is 0.417 e. The number of rotatable bonds is 6. The van der Waals surface area contributed by atoms with Crippen molar-refractivity contribution in [3.8, 4) is 11.5 Å². The highest BCUT2D eigenvalue weighted by Crippen LogP contribution is 2.31. The molecule has 0 saturated carbocycles. The smallest absolute Gasteiger partial charge is 0.417 e. The van der Waals surface area contributed by atoms with Gasteiger partial charge < -0.3 is 14.8 Å². The van der Waals surface area contributed by atoms with E-state index in [0.717, 1.165) is 10.5 Å². The minimum absolute atomic E-state index is 0.270. The first-order chi connectivity index (χ1) is 15.8. The van der Waals surface area contributed by atoms with Gasteiger partial charge in [-0.25, -0.2) is 14.3 Å². The number of anilines is 1. The number of nitrogens with one attached hydrogen (secondary N) is 1. The summed E-state index contributed by atoms with van der Waals surface area (Å²) in [6, 6.07) is 14.2. The van der Waals surface area contributed by atoms with Crippen LogP contribution in [0.4, 0.5) is 10.5 Å². The predicted octanol–water partition coefficient (Wildman–Crippen LogP) is 2.29. The third-order valence-electron chi connectivity index (χ3n) is 5.76. The predicted molar refractivity (Wildman–Crippen MR) is 121 cm³/mol. The van der Waals surface area contributed by atoms with Crippen molar-refractivity contribution in [2.75, 3.05) is 33.6 Å². The number of amidine groups is 1. The Morgan fingerprint density at radius 1 is 1.03 bits per heavy atom. The molecule has 9 heteroatoms. The molecule has 2 aromatic carbocycles. The quantitative estimate of drug-likeness (QED) is 0.684. The molecule has 1 fully saturated rings. The topological polar surface area (TPSA) is 91.2 Å². The van der Waals surface area contributed by atoms with Crippen LogP contribution in [0, 0.1) is 5.92 Å². The number of methoxy groups -OCH3 is 2. The summed E-state index contributed by atoms with van der Waals surface area (Å²) in [5.41, 5.74) is 1.62. The standard InChI is InChI=1S/C24H24N4O5/c1-26-22-17(23(30)27(2)24(26)31)13-19(28(22)14-15-8-6-5-7-9-15)21(29)25-18-12-16(32-3)10-11-20(18)33-4/h5-13,17H,14H2,1-4H3/p+1. The molecule has 0 radical (unpaired) electrons. The molecule has 1 atom stereocenters. The van der Waals surface area contributed by atoms with E-state index in [4.69, 9.17) is 9.47 Å². The van der Waals surface area contributed by atoms with Gasteiger partial charge >= 0.3 is 6.03 Å². The van der Waals surface area contributed by atoms with Crippen molar-refractivity contribution < 1.29 is 28.4 Å². The molecule has 9 nitrogen and oxygen atoms in total. The van der Waals surface area contributed by atoms with Gasteiger partial charge in [0, 0.05) is 13.1 Å². The lowest BCUT2D eigenvalue weighted by molar-refractivity contribution is -0.489. The summed E-state index contributed by atoms with van der Waals surface area (Å²) < 4.78 is 12.3. The molecule has 0 bridgehead atoms. The number of imide groups is 1. The largest absolute Gasteiger partial charge is 0.497 e. The molecule has 33 heavy (non-hydrogen) atoms. The molecular weight excluding hydrogens is 424 g/mol. The van der Waals surface area contributed by atoms with Crippen LogP contribution < -0.4 is 14.8 Å². The summed E-state index contributed by atoms with van der Waals surface area (Å²) in [5, 5.41) is 2.86. The van der Waals surface area contributed by atoms with Crippen LogP contribution in [0.1, 0.15) is 5.56 Å². The Kier molecular flexibility index (Phi) is 5.87. The average molecular weight is 449 g/mol. The number of benzene rings is 2. The summed E-state index contributed by atoms with van der Waals surface area (Å²) in [6.07, 6.45) is 1.60. The van der Waals surface area contributed by atoms with E-state index in [0.29, 0.717) is 29.6 Å². The SMILES string of the molecule is COc1ccc(OC)c(NC(=O)C2=CC3C(=O)N(C)C(=O)N(C)C3=[N+]2Cc2ccccc2)c1. The van der Waals surface area contributed by atoms with E-state index in [2.05, 4.69) is 5.32 Å². The van der Waals surface area contributed by atoms with E-state index in [9.17, 15) is 14.4 Å². The Morgan fingerprint density at radius 3 is 2.42 bits per heavy atom. The first-order valence-corrected chi connectivity index (χ1v) is 10.3. The van der Waals surface area contributed by atoms with Crippen molar-refractivity contribution >= 4 is 29.4 Å². The number of amides is 4. The number of nitrogens with zero attached hydrogens (tertiary/aromatic N) is 3. The molecule has 0 aliphatic carbocycles. The number of hydrogen-bond acceptors (Lipinski definition) is 5. The van der Waals surface area contributed by atoms with Crippen LogP contribution in [-0.4, -0.2) is 66.4 Å². The minimum atomic E-state index is -0.741. The molecule has 0 aromatic heterocycles. The number of urea groups is 1. The number of carbonyl (C=O) groups is 3. The molecular formula is C24H25N4O5+. The molecule has 1 unspecified atom stereocenters. The van der Waals surface area contributed by atoms with Gasteiger partial charge in [0.1, 0.15) is 18.0 Å². The molecule has 1 N–H and O–H groups in total. The third kappa shape index (κ3) is 3.93. The van der Waals surface area contributed by atoms with Crippen molar-refractivity contribution in [2.24, 2.45) is 5.92 Å². The van der Waals surface area contributed by atoms with Gasteiger partial charge in [-0.15, -0.1) is 0 Å². The summed E-state index contributed by atoms with van der Waals surface area (Å²) >= 11 is 0. The third-order valence-corrected chi connectivity index (χ3v) is 5.76. The highest BCUT2D eigenvalue weighted by Gasteiger charge is 2.51. The number of hydrogen-bond donors (Lipinski definition) is 1. The summed E-state index contributed by atoms with van der Waals surface area (Å²) in [5.74, 6) is -0.0870. The van der Waals surface area contributed by atoms with Crippen molar-refractivity contribution in [3.05, 3.63) is 65.9 Å². The van der Waals surface area contributed by atoms with Gasteiger partial charge in [0.05, 0.1) is 27.0 Å². The first-order valence-electron chi connectivity index (χ1n) is 10.3. The Morgan fingerprint density at radius 2 is 1.76 bits per heavy atom. The van der Waals surface area contributed by atoms with Crippen LogP contribution in [0.25, 0.3) is 0 Å². The van der Waals surface area contributed by atoms with E-state index in [-0.39, 0.29) is 11.6 Å². The molecule has 2 heterocycles. The van der Waals surface area contributed by atoms with Crippen LogP contribution >= 0.6 is 0 Å². The molecule has 2 aromatic rings. The fourth-order valence-corrected chi connectivity index (χ4v) is 4.04. The molecule has 2 aliphatic rings. The lowest BCUT2D eigenvalue weighted by Crippen LogP contribution is -2.57. The lowest BCUT2D eigenvalue weighted by Gasteiger charge is -2.27. The second kappa shape index (κ2) is 8.78. The molecule has 1 saturated heterocycles. The normalized spacial score (nSPS) is 17.7. The van der Waals surface area contributed by atoms with Gasteiger partial charge in [0.2, 0.25) is 0 Å². The number of ether oxygens (including phenoxy) is 2. The maximum absolute atomic E-state index is 13.4. The second-order valence-electron chi connectivity index (χ2n) is 7.72. The van der Waals surface area contributed by atoms with E-state index < -0.39 is 17.9 Å². The van der Waals surface area contributed by atoms with E-state index in [1.807, 2.05) is 30.3 Å². The van der Waals surface area contributed by atoms with Gasteiger partial charge in [0.25, 0.3) is 17.6 Å². The van der Waals surface area contributed by atoms with Crippen molar-refractivity contribution in [1.29, 1.82) is 0 Å². The van der Waals surface area contributed by atoms with Crippen LogP contribution in [0.5, 0.6) is 11.5 Å². The van der Waals surface area contributed by atoms with Crippen molar-refractivity contribution in [3.63, 3.8) is 0 Å². The van der Waals surface area contributed by atoms with Gasteiger partial charge in [-0.05, 0) is 23.8 Å². The van der Waals surface area contributed by atoms with E-state index >= 15 is 0 Å². The number of fused-ring (bicyclic) bond motifs is 1. The first kappa shape index (κ1) is 22.1. The van der Waals surface area contributed by atoms with Gasteiger partial charge in [-0.3, -0.25) is 9.59 Å². The zero-order valence-electron chi connectivity index (χ0n) is 18.9. The maximum atomic E-state index is 13.4. The molecule has 4 rings (SSSR count). The highest BCUT2D eigenvalue weighted by molar-refractivity contribution is 6.19. The summed E-state index contributed by atoms with van der Waals surface area (Å²) in [4.78, 5) is 41.4. The monoisotopic (exact) mass is 449 g/mol. The fourth-order valence-electron chi connectivity index (χ4n) is 4.04. The van der Waals surface area contributed by atoms with Crippen molar-refractivity contribution in [1.82, 2.24) is 9.80 Å².